The Labute approximate surface area is 92.6 Å². The molecule has 0 fully saturated rings. The molecule has 0 bridgehead atoms. The van der Waals surface area contributed by atoms with Gasteiger partial charge in [-0.3, -0.25) is 4.84 Å². The van der Waals surface area contributed by atoms with Gasteiger partial charge in [-0.2, -0.15) is 0 Å². The molecule has 88 valence electrons. The molecule has 0 amide bonds. The largest absolute Gasteiger partial charge is 0.478 e. The number of aromatic carboxylic acids is 2. The second-order valence-corrected chi connectivity index (χ2v) is 2.66. The Morgan fingerprint density at radius 3 is 2.29 bits per heavy atom. The molecule has 2 N–H and O–H groups in total. The molecule has 0 atom stereocenters. The smallest absolute Gasteiger partial charge is 0.387 e. The summed E-state index contributed by atoms with van der Waals surface area (Å²) in [5.74, 6) is -4.42. The summed E-state index contributed by atoms with van der Waals surface area (Å²) in [6.07, 6.45) is 0. The number of hydrogen-bond acceptors (Lipinski definition) is 7. The van der Waals surface area contributed by atoms with Crippen molar-refractivity contribution in [3.63, 3.8) is 0 Å². The lowest BCUT2D eigenvalue weighted by atomic mass is 10.1. The molecular weight excluding hydrogens is 236 g/mol. The third-order valence-corrected chi connectivity index (χ3v) is 1.66. The lowest BCUT2D eigenvalue weighted by Crippen LogP contribution is -2.14. The highest BCUT2D eigenvalue weighted by atomic mass is 16.7. The molecule has 17 heavy (non-hydrogen) atoms. The Hall–Kier alpha value is -2.84. The SMILES string of the molecule is O=NOC(=O)c1ccc(C(=O)O)c(C(=O)O)n1. The quantitative estimate of drug-likeness (QED) is 0.565. The van der Waals surface area contributed by atoms with Gasteiger partial charge in [0.25, 0.3) is 0 Å². The van der Waals surface area contributed by atoms with E-state index in [1.54, 1.807) is 0 Å². The van der Waals surface area contributed by atoms with Gasteiger partial charge in [-0.15, -0.1) is 4.91 Å². The highest BCUT2D eigenvalue weighted by Gasteiger charge is 2.21. The first-order valence-electron chi connectivity index (χ1n) is 3.99. The van der Waals surface area contributed by atoms with Crippen molar-refractivity contribution in [3.8, 4) is 0 Å². The summed E-state index contributed by atoms with van der Waals surface area (Å²) in [6, 6.07) is 1.77. The van der Waals surface area contributed by atoms with E-state index in [0.29, 0.717) is 0 Å². The Morgan fingerprint density at radius 1 is 1.18 bits per heavy atom. The fourth-order valence-corrected chi connectivity index (χ4v) is 0.989. The van der Waals surface area contributed by atoms with Crippen molar-refractivity contribution in [2.24, 2.45) is 5.34 Å². The maximum absolute atomic E-state index is 11.0. The molecule has 1 heterocycles. The van der Waals surface area contributed by atoms with Crippen LogP contribution in [-0.2, 0) is 4.84 Å². The summed E-state index contributed by atoms with van der Waals surface area (Å²) in [6.45, 7) is 0. The van der Waals surface area contributed by atoms with Gasteiger partial charge in [0.1, 0.15) is 0 Å². The van der Waals surface area contributed by atoms with Crippen LogP contribution in [0, 0.1) is 4.91 Å². The molecule has 0 aliphatic rings. The van der Waals surface area contributed by atoms with Gasteiger partial charge in [-0.25, -0.2) is 19.4 Å². The van der Waals surface area contributed by atoms with Gasteiger partial charge in [0.15, 0.2) is 16.7 Å². The first-order valence-corrected chi connectivity index (χ1v) is 3.99. The lowest BCUT2D eigenvalue weighted by molar-refractivity contribution is 0.0499. The molecule has 0 aromatic carbocycles. The molecule has 0 saturated heterocycles. The molecule has 0 aliphatic heterocycles. The van der Waals surface area contributed by atoms with Gasteiger partial charge in [-0.05, 0) is 12.1 Å². The van der Waals surface area contributed by atoms with Crippen LogP contribution in [0.5, 0.6) is 0 Å². The van der Waals surface area contributed by atoms with E-state index in [9.17, 15) is 19.3 Å². The fourth-order valence-electron chi connectivity index (χ4n) is 0.989. The third kappa shape index (κ3) is 2.59. The highest BCUT2D eigenvalue weighted by molar-refractivity contribution is 6.01. The predicted octanol–water partition coefficient (Wildman–Crippen LogP) is 0.316. The van der Waals surface area contributed by atoms with E-state index in [-0.39, 0.29) is 0 Å². The van der Waals surface area contributed by atoms with Crippen LogP contribution in [0.3, 0.4) is 0 Å². The van der Waals surface area contributed by atoms with Gasteiger partial charge < -0.3 is 10.2 Å². The number of aromatic nitrogens is 1. The summed E-state index contributed by atoms with van der Waals surface area (Å²) >= 11 is 0. The van der Waals surface area contributed by atoms with E-state index in [2.05, 4.69) is 9.82 Å². The summed E-state index contributed by atoms with van der Waals surface area (Å²) in [5, 5.41) is 19.2. The average Bonchev–Trinajstić information content (AvgIpc) is 2.28. The van der Waals surface area contributed by atoms with Crippen molar-refractivity contribution >= 4 is 17.9 Å². The molecule has 0 saturated carbocycles. The lowest BCUT2D eigenvalue weighted by Gasteiger charge is -2.01. The van der Waals surface area contributed by atoms with Crippen LogP contribution < -0.4 is 0 Å². The van der Waals surface area contributed by atoms with Crippen LogP contribution in [0.1, 0.15) is 31.3 Å². The van der Waals surface area contributed by atoms with Crippen molar-refractivity contribution in [1.82, 2.24) is 4.98 Å². The van der Waals surface area contributed by atoms with Crippen molar-refractivity contribution in [2.75, 3.05) is 0 Å². The Bertz CT molecular complexity index is 511. The Balaban J connectivity index is 3.28. The number of nitrogens with zero attached hydrogens (tertiary/aromatic N) is 2. The average molecular weight is 240 g/mol. The Morgan fingerprint density at radius 2 is 1.82 bits per heavy atom. The molecule has 0 spiro atoms. The van der Waals surface area contributed by atoms with Gasteiger partial charge in [0.2, 0.25) is 0 Å². The van der Waals surface area contributed by atoms with Crippen LogP contribution in [0.15, 0.2) is 17.5 Å². The van der Waals surface area contributed by atoms with Crippen molar-refractivity contribution in [2.45, 2.75) is 0 Å². The minimum atomic E-state index is -1.63. The van der Waals surface area contributed by atoms with Gasteiger partial charge in [-0.1, -0.05) is 0 Å². The van der Waals surface area contributed by atoms with Gasteiger partial charge in [0, 0.05) is 0 Å². The molecule has 9 nitrogen and oxygen atoms in total. The molecule has 1 aromatic heterocycles. The van der Waals surface area contributed by atoms with Crippen molar-refractivity contribution in [1.29, 1.82) is 0 Å². The van der Waals surface area contributed by atoms with Crippen LogP contribution in [0.4, 0.5) is 0 Å². The number of carboxylic acids is 2. The van der Waals surface area contributed by atoms with Crippen LogP contribution in [0.2, 0.25) is 0 Å². The van der Waals surface area contributed by atoms with E-state index < -0.39 is 34.9 Å². The zero-order valence-corrected chi connectivity index (χ0v) is 7.98. The number of rotatable bonds is 4. The third-order valence-electron chi connectivity index (χ3n) is 1.66. The summed E-state index contributed by atoms with van der Waals surface area (Å²) in [5.41, 5.74) is -1.96. The topological polar surface area (TPSA) is 143 Å². The monoisotopic (exact) mass is 240 g/mol. The zero-order chi connectivity index (χ0) is 13.0. The van der Waals surface area contributed by atoms with E-state index in [1.165, 1.54) is 0 Å². The summed E-state index contributed by atoms with van der Waals surface area (Å²) < 4.78 is 0. The van der Waals surface area contributed by atoms with Crippen LogP contribution in [0.25, 0.3) is 0 Å². The number of carbonyl (C=O) groups excluding carboxylic acids is 1. The maximum Gasteiger partial charge on any atom is 0.387 e. The van der Waals surface area contributed by atoms with Crippen molar-refractivity contribution in [3.05, 3.63) is 34.0 Å². The molecule has 0 aliphatic carbocycles. The van der Waals surface area contributed by atoms with E-state index in [1.807, 2.05) is 5.34 Å². The predicted molar refractivity (Wildman–Crippen MR) is 49.4 cm³/mol. The van der Waals surface area contributed by atoms with Gasteiger partial charge >= 0.3 is 17.9 Å². The second-order valence-electron chi connectivity index (χ2n) is 2.66. The normalized spacial score (nSPS) is 9.41. The minimum Gasteiger partial charge on any atom is -0.478 e. The minimum absolute atomic E-state index is 0.535. The van der Waals surface area contributed by atoms with Gasteiger partial charge in [0.05, 0.1) is 5.56 Å². The van der Waals surface area contributed by atoms with Crippen LogP contribution in [-0.4, -0.2) is 33.1 Å². The number of carbonyl (C=O) groups is 3. The maximum atomic E-state index is 11.0. The first-order chi connectivity index (χ1) is 7.97. The molecule has 1 rings (SSSR count). The molecule has 0 radical (unpaired) electrons. The van der Waals surface area contributed by atoms with Crippen molar-refractivity contribution < 1.29 is 29.4 Å². The van der Waals surface area contributed by atoms with Crippen LogP contribution >= 0.6 is 0 Å². The summed E-state index contributed by atoms with van der Waals surface area (Å²) in [4.78, 5) is 48.9. The summed E-state index contributed by atoms with van der Waals surface area (Å²) in [7, 11) is 0. The molecule has 9 heteroatoms. The number of pyridine rings is 1. The molecular formula is C8H4N2O7. The second kappa shape index (κ2) is 4.79. The van der Waals surface area contributed by atoms with E-state index in [4.69, 9.17) is 10.2 Å². The first kappa shape index (κ1) is 12.2. The number of hydrogen-bond donors (Lipinski definition) is 2. The highest BCUT2D eigenvalue weighted by Crippen LogP contribution is 2.09. The molecule has 0 unspecified atom stereocenters. The van der Waals surface area contributed by atoms with E-state index in [0.717, 1.165) is 12.1 Å². The molecule has 1 aromatic rings. The zero-order valence-electron chi connectivity index (χ0n) is 7.98. The number of carboxylic acid groups (broad SMARTS) is 2. The standard InChI is InChI=1S/C8H4N2O7/c11-6(12)3-1-2-4(8(15)17-10-16)9-5(3)7(13)14/h1-2H,(H,11,12)(H,13,14). The van der Waals surface area contributed by atoms with E-state index >= 15 is 0 Å². The fraction of sp³-hybridized carbons (Fsp3) is 0. The Kier molecular flexibility index (Phi) is 3.44.